The molecule has 28 heavy (non-hydrogen) atoms. The van der Waals surface area contributed by atoms with E-state index in [9.17, 15) is 0 Å². The molecule has 0 bridgehead atoms. The quantitative estimate of drug-likeness (QED) is 0.341. The van der Waals surface area contributed by atoms with Crippen LogP contribution in [0.5, 0.6) is 0 Å². The molecule has 1 aromatic carbocycles. The Morgan fingerprint density at radius 1 is 1.29 bits per heavy atom. The average molecular weight is 522 g/mol. The first-order valence-corrected chi connectivity index (χ1v) is 10.6. The molecular formula is C21H33ClIN3O2. The molecule has 0 aromatic heterocycles. The van der Waals surface area contributed by atoms with Gasteiger partial charge in [-0.2, -0.15) is 0 Å². The minimum absolute atomic E-state index is 0. The SMILES string of the molecule is CCNC(=NCc1cccc(Cl)c1)N1CCC(OCC2CCCCO2)CC1.I. The van der Waals surface area contributed by atoms with E-state index in [1.165, 1.54) is 12.8 Å². The number of hydrogen-bond donors (Lipinski definition) is 1. The Balaban J connectivity index is 0.00000280. The average Bonchev–Trinajstić information content (AvgIpc) is 2.71. The van der Waals surface area contributed by atoms with E-state index in [-0.39, 0.29) is 24.0 Å². The summed E-state index contributed by atoms with van der Waals surface area (Å²) in [6.07, 6.45) is 6.30. The van der Waals surface area contributed by atoms with Gasteiger partial charge in [0.1, 0.15) is 0 Å². The zero-order chi connectivity index (χ0) is 18.9. The van der Waals surface area contributed by atoms with Crippen LogP contribution in [0.3, 0.4) is 0 Å². The molecule has 0 amide bonds. The highest BCUT2D eigenvalue weighted by Gasteiger charge is 2.23. The van der Waals surface area contributed by atoms with Gasteiger partial charge in [-0.15, -0.1) is 24.0 Å². The van der Waals surface area contributed by atoms with Crippen molar-refractivity contribution in [3.05, 3.63) is 34.9 Å². The van der Waals surface area contributed by atoms with Gasteiger partial charge in [0, 0.05) is 31.3 Å². The highest BCUT2D eigenvalue weighted by Crippen LogP contribution is 2.18. The summed E-state index contributed by atoms with van der Waals surface area (Å²) in [4.78, 5) is 7.14. The molecule has 1 aromatic rings. The lowest BCUT2D eigenvalue weighted by atomic mass is 10.1. The van der Waals surface area contributed by atoms with Crippen LogP contribution in [-0.2, 0) is 16.0 Å². The standard InChI is InChI=1S/C21H32ClN3O2.HI/c1-2-23-21(24-15-17-6-5-7-18(22)14-17)25-11-9-19(10-12-25)27-16-20-8-3-4-13-26-20;/h5-7,14,19-20H,2-4,8-13,15-16H2,1H3,(H,23,24);1H. The lowest BCUT2D eigenvalue weighted by molar-refractivity contribution is -0.0721. The Labute approximate surface area is 191 Å². The zero-order valence-electron chi connectivity index (χ0n) is 16.7. The summed E-state index contributed by atoms with van der Waals surface area (Å²) in [5, 5.41) is 4.17. The number of rotatable bonds is 6. The number of nitrogens with one attached hydrogen (secondary N) is 1. The van der Waals surface area contributed by atoms with Crippen molar-refractivity contribution in [3.8, 4) is 0 Å². The van der Waals surface area contributed by atoms with E-state index in [0.717, 1.165) is 68.7 Å². The van der Waals surface area contributed by atoms with Crippen molar-refractivity contribution in [2.45, 2.75) is 57.8 Å². The molecule has 5 nitrogen and oxygen atoms in total. The molecule has 2 fully saturated rings. The molecular weight excluding hydrogens is 489 g/mol. The summed E-state index contributed by atoms with van der Waals surface area (Å²) in [5.41, 5.74) is 1.13. The lowest BCUT2D eigenvalue weighted by Gasteiger charge is -2.35. The monoisotopic (exact) mass is 521 g/mol. The third kappa shape index (κ3) is 7.69. The van der Waals surface area contributed by atoms with Crippen LogP contribution in [0.2, 0.25) is 5.02 Å². The third-order valence-electron chi connectivity index (χ3n) is 5.17. The maximum absolute atomic E-state index is 6.13. The Morgan fingerprint density at radius 3 is 2.79 bits per heavy atom. The van der Waals surface area contributed by atoms with E-state index in [4.69, 9.17) is 26.1 Å². The minimum atomic E-state index is 0. The van der Waals surface area contributed by atoms with Crippen LogP contribution in [0.15, 0.2) is 29.3 Å². The highest BCUT2D eigenvalue weighted by molar-refractivity contribution is 14.0. The molecule has 2 saturated heterocycles. The summed E-state index contributed by atoms with van der Waals surface area (Å²) in [7, 11) is 0. The second-order valence-electron chi connectivity index (χ2n) is 7.31. The molecule has 0 aliphatic carbocycles. The van der Waals surface area contributed by atoms with E-state index in [1.807, 2.05) is 18.2 Å². The number of benzene rings is 1. The fraction of sp³-hybridized carbons (Fsp3) is 0.667. The smallest absolute Gasteiger partial charge is 0.194 e. The van der Waals surface area contributed by atoms with Crippen molar-refractivity contribution >= 4 is 41.5 Å². The summed E-state index contributed by atoms with van der Waals surface area (Å²) in [5.74, 6) is 0.978. The van der Waals surface area contributed by atoms with Crippen molar-refractivity contribution in [1.82, 2.24) is 10.2 Å². The maximum atomic E-state index is 6.13. The normalized spacial score (nSPS) is 21.3. The first kappa shape index (κ1) is 23.7. The van der Waals surface area contributed by atoms with Gasteiger partial charge in [-0.1, -0.05) is 23.7 Å². The molecule has 0 radical (unpaired) electrons. The van der Waals surface area contributed by atoms with Gasteiger partial charge in [0.2, 0.25) is 0 Å². The van der Waals surface area contributed by atoms with Gasteiger partial charge >= 0.3 is 0 Å². The van der Waals surface area contributed by atoms with Gasteiger partial charge in [0.05, 0.1) is 25.4 Å². The zero-order valence-corrected chi connectivity index (χ0v) is 19.8. The molecule has 7 heteroatoms. The van der Waals surface area contributed by atoms with Gasteiger partial charge in [-0.3, -0.25) is 0 Å². The Hall–Kier alpha value is -0.570. The fourth-order valence-electron chi connectivity index (χ4n) is 3.64. The molecule has 1 unspecified atom stereocenters. The first-order chi connectivity index (χ1) is 13.2. The van der Waals surface area contributed by atoms with E-state index < -0.39 is 0 Å². The van der Waals surface area contributed by atoms with Crippen molar-refractivity contribution in [3.63, 3.8) is 0 Å². The molecule has 3 rings (SSSR count). The Bertz CT molecular complexity index is 603. The molecule has 0 spiro atoms. The molecule has 1 atom stereocenters. The molecule has 158 valence electrons. The fourth-order valence-corrected chi connectivity index (χ4v) is 3.86. The largest absolute Gasteiger partial charge is 0.376 e. The van der Waals surface area contributed by atoms with Gasteiger partial charge < -0.3 is 19.7 Å². The number of piperidine rings is 1. The van der Waals surface area contributed by atoms with Crippen molar-refractivity contribution < 1.29 is 9.47 Å². The summed E-state index contributed by atoms with van der Waals surface area (Å²) >= 11 is 6.07. The maximum Gasteiger partial charge on any atom is 0.194 e. The number of guanidine groups is 1. The van der Waals surface area contributed by atoms with Gasteiger partial charge in [0.25, 0.3) is 0 Å². The van der Waals surface area contributed by atoms with Gasteiger partial charge in [0.15, 0.2) is 5.96 Å². The number of likely N-dealkylation sites (tertiary alicyclic amines) is 1. The van der Waals surface area contributed by atoms with Gasteiger partial charge in [-0.25, -0.2) is 4.99 Å². The Kier molecular flexibility index (Phi) is 10.9. The van der Waals surface area contributed by atoms with Crippen molar-refractivity contribution in [2.75, 3.05) is 32.8 Å². The third-order valence-corrected chi connectivity index (χ3v) is 5.40. The van der Waals surface area contributed by atoms with E-state index in [1.54, 1.807) is 0 Å². The highest BCUT2D eigenvalue weighted by atomic mass is 127. The second kappa shape index (κ2) is 12.9. The number of nitrogens with zero attached hydrogens (tertiary/aromatic N) is 2. The molecule has 2 aliphatic rings. The van der Waals surface area contributed by atoms with Crippen LogP contribution >= 0.6 is 35.6 Å². The Morgan fingerprint density at radius 2 is 2.11 bits per heavy atom. The summed E-state index contributed by atoms with van der Waals surface area (Å²) < 4.78 is 11.9. The number of hydrogen-bond acceptors (Lipinski definition) is 3. The molecule has 0 saturated carbocycles. The summed E-state index contributed by atoms with van der Waals surface area (Å²) in [6.45, 7) is 7.18. The van der Waals surface area contributed by atoms with Crippen LogP contribution < -0.4 is 5.32 Å². The van der Waals surface area contributed by atoms with Crippen LogP contribution in [0.4, 0.5) is 0 Å². The second-order valence-corrected chi connectivity index (χ2v) is 7.74. The first-order valence-electron chi connectivity index (χ1n) is 10.3. The van der Waals surface area contributed by atoms with Crippen LogP contribution in [0.25, 0.3) is 0 Å². The van der Waals surface area contributed by atoms with Crippen LogP contribution in [0, 0.1) is 0 Å². The number of ether oxygens (including phenoxy) is 2. The summed E-state index contributed by atoms with van der Waals surface area (Å²) in [6, 6.07) is 7.90. The molecule has 2 aliphatic heterocycles. The number of aliphatic imine (C=N–C) groups is 1. The van der Waals surface area contributed by atoms with Crippen LogP contribution in [0.1, 0.15) is 44.6 Å². The topological polar surface area (TPSA) is 46.1 Å². The number of halogens is 2. The molecule has 1 N–H and O–H groups in total. The minimum Gasteiger partial charge on any atom is -0.376 e. The van der Waals surface area contributed by atoms with Gasteiger partial charge in [-0.05, 0) is 56.7 Å². The van der Waals surface area contributed by atoms with E-state index >= 15 is 0 Å². The predicted octanol–water partition coefficient (Wildman–Crippen LogP) is 4.47. The lowest BCUT2D eigenvalue weighted by Crippen LogP contribution is -2.47. The van der Waals surface area contributed by atoms with E-state index in [2.05, 4.69) is 23.2 Å². The van der Waals surface area contributed by atoms with Crippen molar-refractivity contribution in [1.29, 1.82) is 0 Å². The van der Waals surface area contributed by atoms with Crippen LogP contribution in [-0.4, -0.2) is 55.9 Å². The van der Waals surface area contributed by atoms with Crippen molar-refractivity contribution in [2.24, 2.45) is 4.99 Å². The van der Waals surface area contributed by atoms with E-state index in [0.29, 0.717) is 18.8 Å². The predicted molar refractivity (Wildman–Crippen MR) is 126 cm³/mol. The molecule has 2 heterocycles.